The molecule has 2 N–H and O–H groups in total. The summed E-state index contributed by atoms with van der Waals surface area (Å²) in [6, 6.07) is 3.58. The Labute approximate surface area is 101 Å². The van der Waals surface area contributed by atoms with Crippen LogP contribution in [0.15, 0.2) is 18.3 Å². The number of nitrogens with zero attached hydrogens (tertiary/aromatic N) is 2. The van der Waals surface area contributed by atoms with E-state index in [1.165, 1.54) is 0 Å². The van der Waals surface area contributed by atoms with Crippen molar-refractivity contribution in [2.24, 2.45) is 0 Å². The van der Waals surface area contributed by atoms with Gasteiger partial charge in [0.2, 0.25) is 0 Å². The molecule has 92 valence electrons. The molecule has 17 heavy (non-hydrogen) atoms. The van der Waals surface area contributed by atoms with Crippen molar-refractivity contribution in [1.82, 2.24) is 15.2 Å². The number of amides is 1. The number of aromatic nitrogens is 1. The van der Waals surface area contributed by atoms with Crippen molar-refractivity contribution in [1.29, 1.82) is 0 Å². The molecule has 1 saturated heterocycles. The molecule has 0 aliphatic carbocycles. The summed E-state index contributed by atoms with van der Waals surface area (Å²) in [5, 5.41) is 6.35. The maximum atomic E-state index is 12.2. The molecule has 1 amide bonds. The van der Waals surface area contributed by atoms with Crippen LogP contribution in [0.4, 0.5) is 5.82 Å². The van der Waals surface area contributed by atoms with E-state index >= 15 is 0 Å². The zero-order chi connectivity index (χ0) is 12.1. The quantitative estimate of drug-likeness (QED) is 0.802. The first-order valence-corrected chi connectivity index (χ1v) is 6.01. The number of piperazine rings is 1. The summed E-state index contributed by atoms with van der Waals surface area (Å²) in [7, 11) is 0. The third-order valence-electron chi connectivity index (χ3n) is 2.77. The number of anilines is 1. The van der Waals surface area contributed by atoms with Crippen LogP contribution in [0.5, 0.6) is 0 Å². The molecule has 5 heteroatoms. The highest BCUT2D eigenvalue weighted by Gasteiger charge is 2.17. The summed E-state index contributed by atoms with van der Waals surface area (Å²) in [4.78, 5) is 18.2. The molecule has 1 aliphatic heterocycles. The minimum atomic E-state index is 0.0908. The number of hydrogen-bond acceptors (Lipinski definition) is 4. The lowest BCUT2D eigenvalue weighted by Gasteiger charge is -2.27. The Bertz CT molecular complexity index is 388. The normalized spacial score (nSPS) is 15.7. The molecule has 0 unspecified atom stereocenters. The Kier molecular flexibility index (Phi) is 3.93. The van der Waals surface area contributed by atoms with Crippen molar-refractivity contribution >= 4 is 11.7 Å². The van der Waals surface area contributed by atoms with Crippen LogP contribution in [0.1, 0.15) is 17.3 Å². The monoisotopic (exact) mass is 234 g/mol. The molecule has 0 atom stereocenters. The number of carbonyl (C=O) groups excluding carboxylic acids is 1. The van der Waals surface area contributed by atoms with Crippen LogP contribution in [0.3, 0.4) is 0 Å². The van der Waals surface area contributed by atoms with E-state index in [1.807, 2.05) is 17.9 Å². The van der Waals surface area contributed by atoms with Crippen molar-refractivity contribution in [3.8, 4) is 0 Å². The molecule has 1 aromatic rings. The Hall–Kier alpha value is -1.62. The average molecular weight is 234 g/mol. The zero-order valence-electron chi connectivity index (χ0n) is 10.1. The second-order valence-corrected chi connectivity index (χ2v) is 4.00. The molecule has 0 saturated carbocycles. The molecule has 2 rings (SSSR count). The molecule has 5 nitrogen and oxygen atoms in total. The third kappa shape index (κ3) is 2.94. The fourth-order valence-corrected chi connectivity index (χ4v) is 1.89. The standard InChI is InChI=1S/C12H18N4O/c1-2-14-11-9-10(3-4-15-11)12(17)16-7-5-13-6-8-16/h3-4,9,13H,2,5-8H2,1H3,(H,14,15). The van der Waals surface area contributed by atoms with Gasteiger partial charge in [-0.3, -0.25) is 4.79 Å². The maximum Gasteiger partial charge on any atom is 0.254 e. The SMILES string of the molecule is CCNc1cc(C(=O)N2CCNCC2)ccn1. The lowest BCUT2D eigenvalue weighted by Crippen LogP contribution is -2.46. The molecule has 0 aromatic carbocycles. The molecular formula is C12H18N4O. The van der Waals surface area contributed by atoms with Gasteiger partial charge in [-0.05, 0) is 19.1 Å². The molecule has 1 fully saturated rings. The topological polar surface area (TPSA) is 57.3 Å². The van der Waals surface area contributed by atoms with Gasteiger partial charge in [0.1, 0.15) is 5.82 Å². The summed E-state index contributed by atoms with van der Waals surface area (Å²) in [6.07, 6.45) is 1.67. The predicted molar refractivity (Wildman–Crippen MR) is 67.2 cm³/mol. The smallest absolute Gasteiger partial charge is 0.254 e. The van der Waals surface area contributed by atoms with E-state index in [9.17, 15) is 4.79 Å². The highest BCUT2D eigenvalue weighted by molar-refractivity contribution is 5.94. The number of nitrogens with one attached hydrogen (secondary N) is 2. The molecule has 1 aliphatic rings. The molecular weight excluding hydrogens is 216 g/mol. The summed E-state index contributed by atoms with van der Waals surface area (Å²) in [5.41, 5.74) is 0.706. The maximum absolute atomic E-state index is 12.2. The molecule has 0 spiro atoms. The van der Waals surface area contributed by atoms with Crippen LogP contribution in [-0.2, 0) is 0 Å². The van der Waals surface area contributed by atoms with Gasteiger partial charge in [-0.15, -0.1) is 0 Å². The predicted octanol–water partition coefficient (Wildman–Crippen LogP) is 0.559. The van der Waals surface area contributed by atoms with Crippen LogP contribution in [0.25, 0.3) is 0 Å². The highest BCUT2D eigenvalue weighted by Crippen LogP contribution is 2.10. The third-order valence-corrected chi connectivity index (χ3v) is 2.77. The minimum Gasteiger partial charge on any atom is -0.370 e. The van der Waals surface area contributed by atoms with Crippen molar-refractivity contribution in [3.63, 3.8) is 0 Å². The van der Waals surface area contributed by atoms with Gasteiger partial charge in [-0.1, -0.05) is 0 Å². The number of hydrogen-bond donors (Lipinski definition) is 2. The fraction of sp³-hybridized carbons (Fsp3) is 0.500. The Balaban J connectivity index is 2.09. The molecule has 0 radical (unpaired) electrons. The summed E-state index contributed by atoms with van der Waals surface area (Å²) in [6.45, 7) is 6.11. The van der Waals surface area contributed by atoms with Gasteiger partial charge in [0.25, 0.3) is 5.91 Å². The van der Waals surface area contributed by atoms with Gasteiger partial charge in [0.05, 0.1) is 0 Å². The number of pyridine rings is 1. The summed E-state index contributed by atoms with van der Waals surface area (Å²) in [5.74, 6) is 0.849. The molecule has 1 aromatic heterocycles. The van der Waals surface area contributed by atoms with Gasteiger partial charge < -0.3 is 15.5 Å². The van der Waals surface area contributed by atoms with Gasteiger partial charge in [-0.25, -0.2) is 4.98 Å². The second kappa shape index (κ2) is 5.63. The fourth-order valence-electron chi connectivity index (χ4n) is 1.89. The number of rotatable bonds is 3. The Morgan fingerprint density at radius 1 is 1.53 bits per heavy atom. The van der Waals surface area contributed by atoms with E-state index in [0.717, 1.165) is 38.5 Å². The van der Waals surface area contributed by atoms with Gasteiger partial charge >= 0.3 is 0 Å². The van der Waals surface area contributed by atoms with E-state index < -0.39 is 0 Å². The first-order valence-electron chi connectivity index (χ1n) is 6.01. The van der Waals surface area contributed by atoms with Crippen molar-refractivity contribution in [3.05, 3.63) is 23.9 Å². The van der Waals surface area contributed by atoms with Crippen LogP contribution in [-0.4, -0.2) is 48.5 Å². The second-order valence-electron chi connectivity index (χ2n) is 4.00. The largest absolute Gasteiger partial charge is 0.370 e. The lowest BCUT2D eigenvalue weighted by molar-refractivity contribution is 0.0736. The van der Waals surface area contributed by atoms with Crippen molar-refractivity contribution < 1.29 is 4.79 Å². The van der Waals surface area contributed by atoms with Gasteiger partial charge in [0, 0.05) is 44.5 Å². The van der Waals surface area contributed by atoms with Crippen LogP contribution < -0.4 is 10.6 Å². The average Bonchev–Trinajstić information content (AvgIpc) is 2.40. The molecule has 0 bridgehead atoms. The number of carbonyl (C=O) groups is 1. The highest BCUT2D eigenvalue weighted by atomic mass is 16.2. The van der Waals surface area contributed by atoms with Gasteiger partial charge in [0.15, 0.2) is 0 Å². The lowest BCUT2D eigenvalue weighted by atomic mass is 10.2. The van der Waals surface area contributed by atoms with E-state index in [1.54, 1.807) is 12.3 Å². The van der Waals surface area contributed by atoms with Crippen LogP contribution in [0, 0.1) is 0 Å². The minimum absolute atomic E-state index is 0.0908. The van der Waals surface area contributed by atoms with Crippen LogP contribution in [0.2, 0.25) is 0 Å². The summed E-state index contributed by atoms with van der Waals surface area (Å²) >= 11 is 0. The summed E-state index contributed by atoms with van der Waals surface area (Å²) < 4.78 is 0. The zero-order valence-corrected chi connectivity index (χ0v) is 10.1. The van der Waals surface area contributed by atoms with Crippen molar-refractivity contribution in [2.45, 2.75) is 6.92 Å². The van der Waals surface area contributed by atoms with Crippen molar-refractivity contribution in [2.75, 3.05) is 38.0 Å². The van der Waals surface area contributed by atoms with E-state index in [0.29, 0.717) is 5.56 Å². The first-order chi connectivity index (χ1) is 8.31. The van der Waals surface area contributed by atoms with Crippen LogP contribution >= 0.6 is 0 Å². The Morgan fingerprint density at radius 3 is 3.00 bits per heavy atom. The Morgan fingerprint density at radius 2 is 2.29 bits per heavy atom. The van der Waals surface area contributed by atoms with E-state index in [4.69, 9.17) is 0 Å². The molecule has 2 heterocycles. The van der Waals surface area contributed by atoms with E-state index in [-0.39, 0.29) is 5.91 Å². The van der Waals surface area contributed by atoms with Gasteiger partial charge in [-0.2, -0.15) is 0 Å². The first kappa shape index (κ1) is 11.9. The van der Waals surface area contributed by atoms with E-state index in [2.05, 4.69) is 15.6 Å².